The molecule has 0 saturated carbocycles. The van der Waals surface area contributed by atoms with E-state index in [1.807, 2.05) is 16.3 Å². The van der Waals surface area contributed by atoms with Gasteiger partial charge in [0.2, 0.25) is 0 Å². The summed E-state index contributed by atoms with van der Waals surface area (Å²) < 4.78 is 0. The molecule has 3 rings (SSSR count). The molecule has 1 N–H and O–H groups in total. The van der Waals surface area contributed by atoms with Crippen LogP contribution in [0.2, 0.25) is 5.02 Å². The van der Waals surface area contributed by atoms with Gasteiger partial charge in [0.05, 0.1) is 11.2 Å². The Morgan fingerprint density at radius 2 is 2.23 bits per heavy atom. The summed E-state index contributed by atoms with van der Waals surface area (Å²) in [6.45, 7) is 2.27. The van der Waals surface area contributed by atoms with Crippen molar-refractivity contribution < 1.29 is 4.79 Å². The predicted octanol–water partition coefficient (Wildman–Crippen LogP) is 2.59. The first-order chi connectivity index (χ1) is 10.7. The molecule has 0 radical (unpaired) electrons. The Morgan fingerprint density at radius 3 is 2.86 bits per heavy atom. The summed E-state index contributed by atoms with van der Waals surface area (Å²) in [4.78, 5) is 23.3. The largest absolute Gasteiger partial charge is 0.337 e. The summed E-state index contributed by atoms with van der Waals surface area (Å²) in [5.41, 5.74) is 0.416. The van der Waals surface area contributed by atoms with E-state index in [1.165, 1.54) is 11.1 Å². The molecule has 116 valence electrons. The van der Waals surface area contributed by atoms with Gasteiger partial charge < -0.3 is 10.2 Å². The fourth-order valence-electron chi connectivity index (χ4n) is 2.55. The lowest BCUT2D eigenvalue weighted by atomic mass is 10.0. The molecule has 1 aliphatic rings. The summed E-state index contributed by atoms with van der Waals surface area (Å²) in [6.07, 6.45) is 6.52. The van der Waals surface area contributed by atoms with Crippen LogP contribution in [0.5, 0.6) is 0 Å². The number of nitrogens with one attached hydrogen (secondary N) is 1. The third kappa shape index (κ3) is 3.63. The molecule has 1 aliphatic heterocycles. The first-order valence-electron chi connectivity index (χ1n) is 7.24. The van der Waals surface area contributed by atoms with E-state index in [4.69, 9.17) is 11.6 Å². The highest BCUT2D eigenvalue weighted by Gasteiger charge is 2.24. The second kappa shape index (κ2) is 7.17. The molecule has 0 atom stereocenters. The molecule has 7 heteroatoms. The molecule has 22 heavy (non-hydrogen) atoms. The molecule has 0 unspecified atom stereocenters. The van der Waals surface area contributed by atoms with Crippen LogP contribution in [0.3, 0.4) is 0 Å². The smallest absolute Gasteiger partial charge is 0.274 e. The average Bonchev–Trinajstić information content (AvgIpc) is 2.99. The number of carbonyl (C=O) groups is 1. The molecule has 3 heterocycles. The topological polar surface area (TPSA) is 58.1 Å². The maximum atomic E-state index is 12.3. The van der Waals surface area contributed by atoms with Crippen LogP contribution in [0.1, 0.15) is 28.2 Å². The number of nitrogens with zero attached hydrogens (tertiary/aromatic N) is 3. The number of hydrogen-bond acceptors (Lipinski definition) is 5. The molecule has 0 spiro atoms. The molecule has 1 amide bonds. The Bertz CT molecular complexity index is 625. The Balaban J connectivity index is 1.48. The third-order valence-electron chi connectivity index (χ3n) is 3.81. The van der Waals surface area contributed by atoms with Gasteiger partial charge in [-0.15, -0.1) is 11.3 Å². The third-order valence-corrected chi connectivity index (χ3v) is 5.19. The zero-order valence-electron chi connectivity index (χ0n) is 12.0. The summed E-state index contributed by atoms with van der Waals surface area (Å²) >= 11 is 7.76. The number of hydrogen-bond donors (Lipinski definition) is 1. The number of likely N-dealkylation sites (tertiary alicyclic amines) is 1. The Kier molecular flexibility index (Phi) is 5.02. The van der Waals surface area contributed by atoms with E-state index in [9.17, 15) is 4.79 Å². The molecule has 0 aliphatic carbocycles. The molecule has 2 aromatic rings. The van der Waals surface area contributed by atoms with Crippen LogP contribution in [0, 0.1) is 0 Å². The van der Waals surface area contributed by atoms with Crippen LogP contribution in [0.4, 0.5) is 0 Å². The van der Waals surface area contributed by atoms with Gasteiger partial charge in [-0.3, -0.25) is 9.78 Å². The predicted molar refractivity (Wildman–Crippen MR) is 87.1 cm³/mol. The zero-order chi connectivity index (χ0) is 15.4. The van der Waals surface area contributed by atoms with Crippen molar-refractivity contribution in [2.45, 2.75) is 25.4 Å². The van der Waals surface area contributed by atoms with Gasteiger partial charge in [0.25, 0.3) is 5.91 Å². The van der Waals surface area contributed by atoms with E-state index in [-0.39, 0.29) is 5.91 Å². The van der Waals surface area contributed by atoms with Crippen LogP contribution in [-0.4, -0.2) is 39.9 Å². The van der Waals surface area contributed by atoms with Gasteiger partial charge in [-0.25, -0.2) is 4.98 Å². The molecule has 2 aromatic heterocycles. The van der Waals surface area contributed by atoms with Gasteiger partial charge in [0.15, 0.2) is 0 Å². The normalized spacial score (nSPS) is 16.0. The minimum atomic E-state index is -0.0344. The van der Waals surface area contributed by atoms with Crippen molar-refractivity contribution in [3.63, 3.8) is 0 Å². The van der Waals surface area contributed by atoms with Crippen LogP contribution < -0.4 is 5.32 Å². The number of rotatable bonds is 4. The van der Waals surface area contributed by atoms with E-state index in [0.717, 1.165) is 37.5 Å². The van der Waals surface area contributed by atoms with Crippen LogP contribution >= 0.6 is 22.9 Å². The number of amides is 1. The van der Waals surface area contributed by atoms with Crippen molar-refractivity contribution in [1.82, 2.24) is 20.2 Å². The van der Waals surface area contributed by atoms with Crippen molar-refractivity contribution in [3.8, 4) is 0 Å². The quantitative estimate of drug-likeness (QED) is 0.932. The second-order valence-electron chi connectivity index (χ2n) is 5.23. The van der Waals surface area contributed by atoms with Gasteiger partial charge in [-0.05, 0) is 24.3 Å². The van der Waals surface area contributed by atoms with Crippen molar-refractivity contribution in [2.24, 2.45) is 0 Å². The highest BCUT2D eigenvalue weighted by Crippen LogP contribution is 2.22. The van der Waals surface area contributed by atoms with Gasteiger partial charge in [0, 0.05) is 42.9 Å². The van der Waals surface area contributed by atoms with Gasteiger partial charge >= 0.3 is 0 Å². The fourth-order valence-corrected chi connectivity index (χ4v) is 3.60. The van der Waals surface area contributed by atoms with Crippen molar-refractivity contribution in [1.29, 1.82) is 0 Å². The first kappa shape index (κ1) is 15.4. The number of piperidine rings is 1. The van der Waals surface area contributed by atoms with Crippen molar-refractivity contribution in [3.05, 3.63) is 45.6 Å². The van der Waals surface area contributed by atoms with Gasteiger partial charge in [0.1, 0.15) is 5.69 Å². The SMILES string of the molecule is O=C(c1cnccn1)N1CCC(NCc2sccc2Cl)CC1. The Hall–Kier alpha value is -1.50. The van der Waals surface area contributed by atoms with Crippen LogP contribution in [0.15, 0.2) is 30.0 Å². The minimum Gasteiger partial charge on any atom is -0.337 e. The maximum Gasteiger partial charge on any atom is 0.274 e. The van der Waals surface area contributed by atoms with E-state index >= 15 is 0 Å². The highest BCUT2D eigenvalue weighted by molar-refractivity contribution is 7.10. The molecule has 1 saturated heterocycles. The fraction of sp³-hybridized carbons (Fsp3) is 0.400. The van der Waals surface area contributed by atoms with Crippen LogP contribution in [0.25, 0.3) is 0 Å². The Morgan fingerprint density at radius 1 is 1.41 bits per heavy atom. The average molecular weight is 337 g/mol. The van der Waals surface area contributed by atoms with Crippen molar-refractivity contribution in [2.75, 3.05) is 13.1 Å². The Labute approximate surface area is 138 Å². The number of thiophene rings is 1. The molecule has 0 aromatic carbocycles. The van der Waals surface area contributed by atoms with E-state index in [0.29, 0.717) is 11.7 Å². The maximum absolute atomic E-state index is 12.3. The first-order valence-corrected chi connectivity index (χ1v) is 8.50. The summed E-state index contributed by atoms with van der Waals surface area (Å²) in [5.74, 6) is -0.0344. The lowest BCUT2D eigenvalue weighted by molar-refractivity contribution is 0.0698. The van der Waals surface area contributed by atoms with Gasteiger partial charge in [-0.1, -0.05) is 11.6 Å². The highest BCUT2D eigenvalue weighted by atomic mass is 35.5. The van der Waals surface area contributed by atoms with E-state index in [1.54, 1.807) is 23.7 Å². The number of halogens is 1. The molecular weight excluding hydrogens is 320 g/mol. The standard InChI is InChI=1S/C15H17ClN4OS/c16-12-3-8-22-14(12)10-19-11-1-6-20(7-2-11)15(21)13-9-17-4-5-18-13/h3-5,8-9,11,19H,1-2,6-7,10H2. The second-order valence-corrected chi connectivity index (χ2v) is 6.64. The van der Waals surface area contributed by atoms with E-state index < -0.39 is 0 Å². The lowest BCUT2D eigenvalue weighted by Gasteiger charge is -2.32. The van der Waals surface area contributed by atoms with Crippen molar-refractivity contribution >= 4 is 28.8 Å². The zero-order valence-corrected chi connectivity index (χ0v) is 13.6. The summed E-state index contributed by atoms with van der Waals surface area (Å²) in [6, 6.07) is 2.34. The number of carbonyl (C=O) groups excluding carboxylic acids is 1. The molecular formula is C15H17ClN4OS. The number of aromatic nitrogens is 2. The summed E-state index contributed by atoms with van der Waals surface area (Å²) in [5, 5.41) is 6.35. The lowest BCUT2D eigenvalue weighted by Crippen LogP contribution is -2.44. The summed E-state index contributed by atoms with van der Waals surface area (Å²) in [7, 11) is 0. The molecule has 1 fully saturated rings. The van der Waals surface area contributed by atoms with Crippen LogP contribution in [-0.2, 0) is 6.54 Å². The monoisotopic (exact) mass is 336 g/mol. The van der Waals surface area contributed by atoms with E-state index in [2.05, 4.69) is 15.3 Å². The minimum absolute atomic E-state index is 0.0344. The van der Waals surface area contributed by atoms with Gasteiger partial charge in [-0.2, -0.15) is 0 Å². The molecule has 5 nitrogen and oxygen atoms in total. The molecule has 0 bridgehead atoms.